The van der Waals surface area contributed by atoms with E-state index in [1.54, 1.807) is 0 Å². The van der Waals surface area contributed by atoms with Crippen molar-refractivity contribution in [1.82, 2.24) is 0 Å². The zero-order chi connectivity index (χ0) is 12.3. The molecule has 0 unspecified atom stereocenters. The van der Waals surface area contributed by atoms with Gasteiger partial charge in [0.2, 0.25) is 0 Å². The topological polar surface area (TPSA) is 79.2 Å². The van der Waals surface area contributed by atoms with Gasteiger partial charge in [-0.3, -0.25) is 0 Å². The molecular formula is C12H22O5. The second-order valence-corrected chi connectivity index (χ2v) is 4.98. The first kappa shape index (κ1) is 13.2. The fourth-order valence-corrected chi connectivity index (χ4v) is 2.57. The van der Waals surface area contributed by atoms with Crippen LogP contribution in [0.5, 0.6) is 0 Å². The first-order valence-electron chi connectivity index (χ1n) is 6.48. The van der Waals surface area contributed by atoms with Crippen molar-refractivity contribution in [3.63, 3.8) is 0 Å². The SMILES string of the molecule is OC[C@H]1O[C@H](OC2CCCCC2)C[C@@H](O)[C@H]1O. The molecule has 2 aliphatic rings. The van der Waals surface area contributed by atoms with Crippen LogP contribution in [0.4, 0.5) is 0 Å². The fourth-order valence-electron chi connectivity index (χ4n) is 2.57. The third kappa shape index (κ3) is 3.39. The van der Waals surface area contributed by atoms with Gasteiger partial charge in [0.25, 0.3) is 0 Å². The first-order valence-corrected chi connectivity index (χ1v) is 6.48. The van der Waals surface area contributed by atoms with Gasteiger partial charge >= 0.3 is 0 Å². The Kier molecular flexibility index (Phi) is 4.76. The smallest absolute Gasteiger partial charge is 0.161 e. The molecule has 4 atom stereocenters. The van der Waals surface area contributed by atoms with Crippen LogP contribution in [-0.4, -0.2) is 52.6 Å². The lowest BCUT2D eigenvalue weighted by Crippen LogP contribution is -2.51. The highest BCUT2D eigenvalue weighted by Gasteiger charge is 2.37. The van der Waals surface area contributed by atoms with E-state index >= 15 is 0 Å². The molecule has 1 heterocycles. The molecule has 0 radical (unpaired) electrons. The summed E-state index contributed by atoms with van der Waals surface area (Å²) in [4.78, 5) is 0. The van der Waals surface area contributed by atoms with Gasteiger partial charge in [-0.25, -0.2) is 0 Å². The van der Waals surface area contributed by atoms with Crippen molar-refractivity contribution >= 4 is 0 Å². The van der Waals surface area contributed by atoms with Gasteiger partial charge in [0.1, 0.15) is 12.2 Å². The molecule has 5 nitrogen and oxygen atoms in total. The highest BCUT2D eigenvalue weighted by molar-refractivity contribution is 4.83. The lowest BCUT2D eigenvalue weighted by molar-refractivity contribution is -0.271. The minimum Gasteiger partial charge on any atom is -0.394 e. The Hall–Kier alpha value is -0.200. The van der Waals surface area contributed by atoms with Crippen LogP contribution in [0.2, 0.25) is 0 Å². The molecule has 1 aliphatic carbocycles. The van der Waals surface area contributed by atoms with E-state index in [0.29, 0.717) is 0 Å². The first-order chi connectivity index (χ1) is 8.20. The molecule has 1 saturated heterocycles. The third-order valence-corrected chi connectivity index (χ3v) is 3.61. The Balaban J connectivity index is 1.84. The van der Waals surface area contributed by atoms with E-state index in [0.717, 1.165) is 12.8 Å². The van der Waals surface area contributed by atoms with Crippen molar-refractivity contribution in [3.8, 4) is 0 Å². The van der Waals surface area contributed by atoms with Gasteiger partial charge in [-0.15, -0.1) is 0 Å². The van der Waals surface area contributed by atoms with Gasteiger partial charge in [-0.1, -0.05) is 19.3 Å². The van der Waals surface area contributed by atoms with Crippen LogP contribution in [-0.2, 0) is 9.47 Å². The predicted octanol–water partition coefficient (Wildman–Crippen LogP) is 0.165. The summed E-state index contributed by atoms with van der Waals surface area (Å²) in [5.74, 6) is 0. The summed E-state index contributed by atoms with van der Waals surface area (Å²) >= 11 is 0. The molecule has 2 rings (SSSR count). The van der Waals surface area contributed by atoms with E-state index in [-0.39, 0.29) is 19.1 Å². The average Bonchev–Trinajstić information content (AvgIpc) is 2.35. The molecular weight excluding hydrogens is 224 g/mol. The monoisotopic (exact) mass is 246 g/mol. The normalized spacial score (nSPS) is 40.4. The van der Waals surface area contributed by atoms with Crippen molar-refractivity contribution in [3.05, 3.63) is 0 Å². The van der Waals surface area contributed by atoms with E-state index < -0.39 is 24.6 Å². The van der Waals surface area contributed by atoms with Gasteiger partial charge < -0.3 is 24.8 Å². The van der Waals surface area contributed by atoms with Crippen molar-refractivity contribution in [2.24, 2.45) is 0 Å². The van der Waals surface area contributed by atoms with E-state index in [2.05, 4.69) is 0 Å². The Bertz CT molecular complexity index is 229. The molecule has 3 N–H and O–H groups in total. The molecule has 100 valence electrons. The number of aliphatic hydroxyl groups excluding tert-OH is 3. The van der Waals surface area contributed by atoms with Crippen molar-refractivity contribution in [1.29, 1.82) is 0 Å². The number of aliphatic hydroxyl groups is 3. The van der Waals surface area contributed by atoms with Crippen LogP contribution in [0.1, 0.15) is 38.5 Å². The second kappa shape index (κ2) is 6.11. The van der Waals surface area contributed by atoms with Crippen LogP contribution >= 0.6 is 0 Å². The molecule has 5 heteroatoms. The summed E-state index contributed by atoms with van der Waals surface area (Å²) in [5.41, 5.74) is 0. The van der Waals surface area contributed by atoms with Crippen LogP contribution in [0.15, 0.2) is 0 Å². The van der Waals surface area contributed by atoms with E-state index in [9.17, 15) is 10.2 Å². The van der Waals surface area contributed by atoms with Crippen molar-refractivity contribution in [2.75, 3.05) is 6.61 Å². The molecule has 2 fully saturated rings. The molecule has 17 heavy (non-hydrogen) atoms. The highest BCUT2D eigenvalue weighted by atomic mass is 16.7. The minimum absolute atomic E-state index is 0.190. The van der Waals surface area contributed by atoms with E-state index in [4.69, 9.17) is 14.6 Å². The standard InChI is InChI=1S/C12H22O5/c13-7-10-12(15)9(14)6-11(17-10)16-8-4-2-1-3-5-8/h8-15H,1-7H2/t9-,10-,11+,12-/m1/s1. The van der Waals surface area contributed by atoms with Crippen LogP contribution < -0.4 is 0 Å². The Morgan fingerprint density at radius 2 is 1.82 bits per heavy atom. The fraction of sp³-hybridized carbons (Fsp3) is 1.00. The van der Waals surface area contributed by atoms with Crippen LogP contribution in [0.3, 0.4) is 0 Å². The lowest BCUT2D eigenvalue weighted by atomic mass is 9.97. The molecule has 0 spiro atoms. The molecule has 0 bridgehead atoms. The van der Waals surface area contributed by atoms with Gasteiger partial charge in [-0.05, 0) is 12.8 Å². The van der Waals surface area contributed by atoms with Gasteiger partial charge in [0, 0.05) is 6.42 Å². The lowest BCUT2D eigenvalue weighted by Gasteiger charge is -2.38. The van der Waals surface area contributed by atoms with Crippen molar-refractivity contribution < 1.29 is 24.8 Å². The maximum Gasteiger partial charge on any atom is 0.161 e. The summed E-state index contributed by atoms with van der Waals surface area (Å²) in [6.07, 6.45) is 2.97. The zero-order valence-corrected chi connectivity index (χ0v) is 9.99. The molecule has 0 amide bonds. The second-order valence-electron chi connectivity index (χ2n) is 4.98. The quantitative estimate of drug-likeness (QED) is 0.661. The van der Waals surface area contributed by atoms with Crippen molar-refractivity contribution in [2.45, 2.75) is 69.2 Å². The Morgan fingerprint density at radius 1 is 1.12 bits per heavy atom. The molecule has 1 aliphatic heterocycles. The Morgan fingerprint density at radius 3 is 2.47 bits per heavy atom. The predicted molar refractivity (Wildman–Crippen MR) is 60.3 cm³/mol. The summed E-state index contributed by atoms with van der Waals surface area (Å²) in [6, 6.07) is 0. The largest absolute Gasteiger partial charge is 0.394 e. The number of hydrogen-bond acceptors (Lipinski definition) is 5. The van der Waals surface area contributed by atoms with Crippen LogP contribution in [0, 0.1) is 0 Å². The molecule has 0 aromatic carbocycles. The average molecular weight is 246 g/mol. The minimum atomic E-state index is -1.02. The third-order valence-electron chi connectivity index (χ3n) is 3.61. The summed E-state index contributed by atoms with van der Waals surface area (Å²) < 4.78 is 11.2. The highest BCUT2D eigenvalue weighted by Crippen LogP contribution is 2.26. The molecule has 0 aromatic heterocycles. The summed E-state index contributed by atoms with van der Waals surface area (Å²) in [7, 11) is 0. The van der Waals surface area contributed by atoms with Gasteiger partial charge in [0.05, 0.1) is 18.8 Å². The van der Waals surface area contributed by atoms with E-state index in [1.807, 2.05) is 0 Å². The molecule has 0 aromatic rings. The number of hydrogen-bond donors (Lipinski definition) is 3. The summed E-state index contributed by atoms with van der Waals surface area (Å²) in [5, 5.41) is 28.3. The van der Waals surface area contributed by atoms with Gasteiger partial charge in [0.15, 0.2) is 6.29 Å². The maximum absolute atomic E-state index is 9.66. The van der Waals surface area contributed by atoms with Gasteiger partial charge in [-0.2, -0.15) is 0 Å². The Labute approximate surface area is 101 Å². The van der Waals surface area contributed by atoms with E-state index in [1.165, 1.54) is 19.3 Å². The number of rotatable bonds is 3. The number of ether oxygens (including phenoxy) is 2. The maximum atomic E-state index is 9.66. The summed E-state index contributed by atoms with van der Waals surface area (Å²) in [6.45, 7) is -0.303. The van der Waals surface area contributed by atoms with Crippen LogP contribution in [0.25, 0.3) is 0 Å². The zero-order valence-electron chi connectivity index (χ0n) is 9.99. The molecule has 1 saturated carbocycles.